The van der Waals surface area contributed by atoms with Crippen LogP contribution in [0.4, 0.5) is 0 Å². The molecule has 22 nitrogen and oxygen atoms in total. The van der Waals surface area contributed by atoms with Gasteiger partial charge in [-0.25, -0.2) is 9.59 Å². The molecule has 2 aromatic rings. The second kappa shape index (κ2) is 47.2. The van der Waals surface area contributed by atoms with E-state index < -0.39 is 126 Å². The van der Waals surface area contributed by atoms with Crippen LogP contribution in [0.15, 0.2) is 60.7 Å². The molecular formula is C62H98Ac2N10O12S-2. The van der Waals surface area contributed by atoms with E-state index in [4.69, 9.17) is 11.5 Å². The summed E-state index contributed by atoms with van der Waals surface area (Å²) in [5.41, 5.74) is 17.3. The number of hydrogen-bond acceptors (Lipinski definition) is 11. The summed E-state index contributed by atoms with van der Waals surface area (Å²) in [5.74, 6) is -6.71. The van der Waals surface area contributed by atoms with Gasteiger partial charge in [-0.1, -0.05) is 198 Å². The van der Waals surface area contributed by atoms with Gasteiger partial charge < -0.3 is 64.2 Å². The molecule has 25 heteroatoms. The molecule has 482 valence electrons. The molecule has 0 aromatic heterocycles. The zero-order valence-corrected chi connectivity index (χ0v) is 62.7. The van der Waals surface area contributed by atoms with Crippen molar-refractivity contribution in [3.05, 3.63) is 83.3 Å². The Morgan fingerprint density at radius 2 is 0.747 bits per heavy atom. The van der Waals surface area contributed by atoms with Crippen LogP contribution >= 0.6 is 11.8 Å². The van der Waals surface area contributed by atoms with Gasteiger partial charge in [-0.2, -0.15) is 11.8 Å². The van der Waals surface area contributed by atoms with Crippen molar-refractivity contribution in [2.45, 2.75) is 237 Å². The smallest absolute Gasteiger partial charge is 0.326 e. The molecule has 0 saturated heterocycles. The first-order valence-corrected chi connectivity index (χ1v) is 31.9. The van der Waals surface area contributed by atoms with E-state index in [1.807, 2.05) is 102 Å². The topological polar surface area (TPSA) is 355 Å². The third-order valence-corrected chi connectivity index (χ3v) is 15.5. The Labute approximate surface area is 591 Å². The Morgan fingerprint density at radius 1 is 0.437 bits per heavy atom. The molecule has 0 heterocycles. The molecule has 0 bridgehead atoms. The number of carbonyl (C=O) groups excluding carboxylic acids is 8. The van der Waals surface area contributed by atoms with Crippen LogP contribution < -0.4 is 42.5 Å². The van der Waals surface area contributed by atoms with E-state index in [1.54, 1.807) is 13.8 Å². The summed E-state index contributed by atoms with van der Waals surface area (Å²) in [5, 5.41) is 40.9. The monoisotopic (exact) mass is 1660 g/mol. The maximum Gasteiger partial charge on any atom is 0.326 e. The van der Waals surface area contributed by atoms with Crippen molar-refractivity contribution in [1.82, 2.24) is 42.5 Å². The molecule has 3 rings (SSSR count). The fourth-order valence-electron chi connectivity index (χ4n) is 9.98. The second-order valence-electron chi connectivity index (χ2n) is 21.8. The number of aliphatic carboxylic acids is 2. The first-order valence-electron chi connectivity index (χ1n) is 30.5. The van der Waals surface area contributed by atoms with Crippen LogP contribution in [0.25, 0.3) is 11.5 Å². The normalized spacial score (nSPS) is 15.5. The van der Waals surface area contributed by atoms with Gasteiger partial charge in [-0.05, 0) is 74.0 Å². The number of benzene rings is 2. The molecule has 10 atom stereocenters. The van der Waals surface area contributed by atoms with Gasteiger partial charge in [0.1, 0.15) is 48.3 Å². The average molecular weight is 1660 g/mol. The Balaban J connectivity index is 0.00000174. The van der Waals surface area contributed by atoms with Crippen molar-refractivity contribution in [3.63, 3.8) is 0 Å². The Bertz CT molecular complexity index is 2360. The number of nitrogens with one attached hydrogen (secondary N) is 10. The van der Waals surface area contributed by atoms with Crippen LogP contribution in [0.3, 0.4) is 0 Å². The Kier molecular flexibility index (Phi) is 45.2. The van der Waals surface area contributed by atoms with E-state index in [9.17, 15) is 58.2 Å². The standard InChI is InChI=1S/C38H54N5O6.C24H44N5O6S.2Ac/c1-4-16-29(35(45)42-31(38(48)49)24-25-18-10-7-11-19-25)41-37(47)33(43-36(46)30(17-5-2)40-34(44)28(39)6-3)32(26-20-12-8-13-21-26)27-22-14-9-15-23-27;1-6-10-16(26-20(30)15(25)9-4)21(31)28-18(13-14-36-5)23(33)27-17(11-7-2)22(32)29-19(12-8-3)24(34)35;;/h8-9,12-15,20-23,25,28-33,39H,4-7,10-11,16-19,24H2,1-3H3,(H,40,44)(H,41,47)(H,42,45)(H,43,46)(H,48,49);15-19,25H,6-14H2,1-5H3,(H,26,30)(H,27,33)(H,28,31)(H,29,32)(H,34,35);;/q2*-1;;/t28-,29-,30-,31-,33-;15-,16-,17-,18-,19-;;/m00../s1. The molecule has 1 saturated carbocycles. The number of hydrogen-bond donors (Lipinski definition) is 10. The maximum atomic E-state index is 14.4. The van der Waals surface area contributed by atoms with Crippen LogP contribution in [0, 0.1) is 94.0 Å². The number of carboxylic acid groups (broad SMARTS) is 2. The third-order valence-electron chi connectivity index (χ3n) is 14.9. The van der Waals surface area contributed by atoms with E-state index in [-0.39, 0.29) is 113 Å². The maximum absolute atomic E-state index is 14.4. The largest absolute Gasteiger partial charge is 0.667 e. The minimum Gasteiger partial charge on any atom is -0.667 e. The van der Waals surface area contributed by atoms with Crippen LogP contribution in [0.2, 0.25) is 0 Å². The summed E-state index contributed by atoms with van der Waals surface area (Å²) >= 11 is 1.49. The van der Waals surface area contributed by atoms with Crippen molar-refractivity contribution in [1.29, 1.82) is 0 Å². The van der Waals surface area contributed by atoms with Gasteiger partial charge in [0.25, 0.3) is 0 Å². The number of amides is 8. The molecule has 1 fully saturated rings. The second-order valence-corrected chi connectivity index (χ2v) is 22.8. The van der Waals surface area contributed by atoms with Crippen LogP contribution in [-0.4, -0.2) is 142 Å². The number of carbonyl (C=O) groups is 10. The van der Waals surface area contributed by atoms with Crippen LogP contribution in [-0.2, 0) is 47.9 Å². The van der Waals surface area contributed by atoms with Crippen LogP contribution in [0.1, 0.15) is 188 Å². The van der Waals surface area contributed by atoms with Crippen molar-refractivity contribution in [2.75, 3.05) is 12.0 Å². The predicted molar refractivity (Wildman–Crippen MR) is 331 cm³/mol. The average Bonchev–Trinajstić information content (AvgIpc) is 1.43. The Morgan fingerprint density at radius 3 is 1.09 bits per heavy atom. The summed E-state index contributed by atoms with van der Waals surface area (Å²) in [6.45, 7) is 12.7. The van der Waals surface area contributed by atoms with Gasteiger partial charge in [0.2, 0.25) is 47.3 Å². The first kappa shape index (κ1) is 83.3. The summed E-state index contributed by atoms with van der Waals surface area (Å²) in [6, 6.07) is 8.35. The molecule has 0 unspecified atom stereocenters. The first-order chi connectivity index (χ1) is 40.6. The Hall–Kier alpha value is -3.71. The summed E-state index contributed by atoms with van der Waals surface area (Å²) < 4.78 is 0. The number of thioether (sulfide) groups is 1. The van der Waals surface area contributed by atoms with Crippen molar-refractivity contribution >= 4 is 71.0 Å². The fraction of sp³-hybridized carbons (Fsp3) is 0.645. The molecule has 0 spiro atoms. The molecule has 0 aliphatic heterocycles. The van der Waals surface area contributed by atoms with Gasteiger partial charge >= 0.3 is 11.9 Å². The van der Waals surface area contributed by atoms with Crippen molar-refractivity contribution in [2.24, 2.45) is 5.92 Å². The quantitative estimate of drug-likeness (QED) is 0.0317. The molecule has 8 amide bonds. The minimum absolute atomic E-state index is 0. The predicted octanol–water partition coefficient (Wildman–Crippen LogP) is 7.24. The molecule has 2 aromatic carbocycles. The number of carboxylic acids is 2. The molecule has 87 heavy (non-hydrogen) atoms. The summed E-state index contributed by atoms with van der Waals surface area (Å²) in [4.78, 5) is 129. The van der Waals surface area contributed by atoms with Crippen LogP contribution in [0.5, 0.6) is 0 Å². The van der Waals surface area contributed by atoms with E-state index in [2.05, 4.69) is 42.5 Å². The van der Waals surface area contributed by atoms with Gasteiger partial charge in [-0.15, -0.1) is 0 Å². The van der Waals surface area contributed by atoms with Crippen molar-refractivity contribution < 1.29 is 146 Å². The number of rotatable bonds is 38. The molecule has 1 aliphatic rings. The minimum atomic E-state index is -1.21. The van der Waals surface area contributed by atoms with Gasteiger partial charge in [0.15, 0.2) is 0 Å². The third kappa shape index (κ3) is 30.8. The molecule has 2 radical (unpaired) electrons. The SMILES string of the molecule is CCC[C@H](NC(=O)[C@@H](NC(=O)[C@H](CCC)NC(=O)[C@@H]([NH-])CC)C(c1ccccc1)c1ccccc1)C(=O)N[C@@H](CC1CCCCC1)C(=O)O.CCC[C@H](NC(=O)[C@H](CCC)NC(=O)[C@H](CCSC)NC(=O)[C@H](CCC)NC(=O)[C@@H]([NH-])CC)C(=O)O.[Ac].[Ac]. The van der Waals surface area contributed by atoms with Gasteiger partial charge in [-0.3, -0.25) is 38.4 Å². The molecule has 12 N–H and O–H groups in total. The zero-order valence-electron chi connectivity index (χ0n) is 52.4. The van der Waals surface area contributed by atoms with E-state index in [0.29, 0.717) is 76.4 Å². The molecule has 1 aliphatic carbocycles. The van der Waals surface area contributed by atoms with Crippen molar-refractivity contribution in [3.8, 4) is 0 Å². The summed E-state index contributed by atoms with van der Waals surface area (Å²) in [7, 11) is 0. The van der Waals surface area contributed by atoms with E-state index >= 15 is 0 Å². The fourth-order valence-corrected chi connectivity index (χ4v) is 10.4. The van der Waals surface area contributed by atoms with Gasteiger partial charge in [0.05, 0.1) is 0 Å². The van der Waals surface area contributed by atoms with E-state index in [1.165, 1.54) is 11.8 Å². The van der Waals surface area contributed by atoms with E-state index in [0.717, 1.165) is 43.2 Å². The molecular weight excluding hydrogens is 1560 g/mol. The zero-order chi connectivity index (χ0) is 63.4. The summed E-state index contributed by atoms with van der Waals surface area (Å²) in [6.07, 6.45) is 12.5. The van der Waals surface area contributed by atoms with Gasteiger partial charge in [0, 0.05) is 94.0 Å².